The Morgan fingerprint density at radius 2 is 1.73 bits per heavy atom. The highest BCUT2D eigenvalue weighted by Crippen LogP contribution is 2.38. The molecule has 0 radical (unpaired) electrons. The molecule has 0 amide bonds. The zero-order chi connectivity index (χ0) is 28.6. The van der Waals surface area contributed by atoms with Crippen molar-refractivity contribution in [1.29, 1.82) is 0 Å². The van der Waals surface area contributed by atoms with E-state index in [4.69, 9.17) is 0 Å². The fourth-order valence-electron chi connectivity index (χ4n) is 6.31. The Kier molecular flexibility index (Phi) is 8.12. The van der Waals surface area contributed by atoms with Gasteiger partial charge in [-0.25, -0.2) is 28.7 Å². The van der Waals surface area contributed by atoms with Crippen molar-refractivity contribution < 1.29 is 8.78 Å². The van der Waals surface area contributed by atoms with Crippen LogP contribution in [-0.2, 0) is 0 Å². The first-order chi connectivity index (χ1) is 19.2. The van der Waals surface area contributed by atoms with Crippen LogP contribution in [0.1, 0.15) is 70.8 Å². The summed E-state index contributed by atoms with van der Waals surface area (Å²) in [5, 5.41) is 3.10. The highest BCUT2D eigenvalue weighted by Gasteiger charge is 2.29. The van der Waals surface area contributed by atoms with Gasteiger partial charge in [-0.1, -0.05) is 26.8 Å². The second-order valence-electron chi connectivity index (χ2n) is 11.5. The number of fused-ring (bicyclic) bond motifs is 1. The molecule has 0 aliphatic carbocycles. The van der Waals surface area contributed by atoms with Gasteiger partial charge in [0.2, 0.25) is 5.95 Å². The Morgan fingerprint density at radius 1 is 0.975 bits per heavy atom. The molecule has 5 rings (SSSR count). The number of aryl methyl sites for hydroxylation is 1. The molecule has 0 saturated carbocycles. The van der Waals surface area contributed by atoms with Gasteiger partial charge in [0, 0.05) is 17.8 Å². The van der Waals surface area contributed by atoms with Gasteiger partial charge >= 0.3 is 0 Å². The van der Waals surface area contributed by atoms with E-state index >= 15 is 4.39 Å². The van der Waals surface area contributed by atoms with E-state index in [0.29, 0.717) is 40.5 Å². The molecule has 4 aromatic rings. The SMILES string of the molecule is CCN1CCC(C(c2ccc(Nc3ncc(F)c(-c4cc(F)c5nc(C)n(C(C)C)c5c4)n3)nc2)C(C)C)CC1. The van der Waals surface area contributed by atoms with Gasteiger partial charge in [-0.15, -0.1) is 0 Å². The van der Waals surface area contributed by atoms with Crippen LogP contribution in [0.3, 0.4) is 0 Å². The Morgan fingerprint density at radius 3 is 2.35 bits per heavy atom. The van der Waals surface area contributed by atoms with Crippen LogP contribution in [-0.4, -0.2) is 49.0 Å². The molecule has 1 unspecified atom stereocenters. The molecule has 1 aliphatic heterocycles. The van der Waals surface area contributed by atoms with Gasteiger partial charge in [0.1, 0.15) is 22.9 Å². The molecule has 0 bridgehead atoms. The van der Waals surface area contributed by atoms with E-state index in [0.717, 1.165) is 25.8 Å². The Bertz CT molecular complexity index is 1470. The molecule has 1 fully saturated rings. The first-order valence-electron chi connectivity index (χ1n) is 14.3. The van der Waals surface area contributed by atoms with Crippen LogP contribution in [0.25, 0.3) is 22.3 Å². The zero-order valence-electron chi connectivity index (χ0n) is 24.2. The van der Waals surface area contributed by atoms with Crippen molar-refractivity contribution in [3.05, 3.63) is 59.7 Å². The predicted molar refractivity (Wildman–Crippen MR) is 156 cm³/mol. The summed E-state index contributed by atoms with van der Waals surface area (Å²) in [4.78, 5) is 20.1. The van der Waals surface area contributed by atoms with Gasteiger partial charge in [0.15, 0.2) is 11.6 Å². The fraction of sp³-hybridized carbons (Fsp3) is 0.484. The minimum absolute atomic E-state index is 0.0161. The maximum Gasteiger partial charge on any atom is 0.229 e. The summed E-state index contributed by atoms with van der Waals surface area (Å²) < 4.78 is 31.9. The molecule has 1 saturated heterocycles. The minimum Gasteiger partial charge on any atom is -0.326 e. The normalized spacial score (nSPS) is 15.8. The van der Waals surface area contributed by atoms with Gasteiger partial charge in [0.05, 0.1) is 11.7 Å². The first-order valence-corrected chi connectivity index (χ1v) is 14.3. The lowest BCUT2D eigenvalue weighted by atomic mass is 9.74. The molecule has 1 aliphatic rings. The number of nitrogens with one attached hydrogen (secondary N) is 1. The van der Waals surface area contributed by atoms with Crippen LogP contribution >= 0.6 is 0 Å². The molecule has 1 aromatic carbocycles. The summed E-state index contributed by atoms with van der Waals surface area (Å²) in [7, 11) is 0. The summed E-state index contributed by atoms with van der Waals surface area (Å²) in [6.07, 6.45) is 5.44. The van der Waals surface area contributed by atoms with E-state index in [1.54, 1.807) is 6.07 Å². The number of halogens is 2. The molecule has 4 heterocycles. The number of imidazole rings is 1. The van der Waals surface area contributed by atoms with Crippen molar-refractivity contribution >= 4 is 22.8 Å². The lowest BCUT2D eigenvalue weighted by Crippen LogP contribution is -2.36. The van der Waals surface area contributed by atoms with Crippen LogP contribution in [0, 0.1) is 30.4 Å². The van der Waals surface area contributed by atoms with Crippen LogP contribution < -0.4 is 5.32 Å². The van der Waals surface area contributed by atoms with Crippen molar-refractivity contribution in [3.8, 4) is 11.3 Å². The smallest absolute Gasteiger partial charge is 0.229 e. The number of likely N-dealkylation sites (tertiary alicyclic amines) is 1. The highest BCUT2D eigenvalue weighted by molar-refractivity contribution is 5.83. The van der Waals surface area contributed by atoms with Crippen LogP contribution in [0.2, 0.25) is 0 Å². The molecule has 9 heteroatoms. The summed E-state index contributed by atoms with van der Waals surface area (Å²) in [6, 6.07) is 7.13. The van der Waals surface area contributed by atoms with Gasteiger partial charge in [-0.05, 0) is 94.8 Å². The summed E-state index contributed by atoms with van der Waals surface area (Å²) in [5.41, 5.74) is 2.45. The Balaban J connectivity index is 1.39. The number of nitrogens with zero attached hydrogens (tertiary/aromatic N) is 6. The van der Waals surface area contributed by atoms with Gasteiger partial charge < -0.3 is 14.8 Å². The fourth-order valence-corrected chi connectivity index (χ4v) is 6.31. The standard InChI is InChI=1S/C31H39F2N7/c1-7-39-12-10-21(11-13-39)28(18(2)3)22-8-9-27(34-16-22)37-31-35-17-25(33)29(38-31)23-14-24(32)30-26(15-23)40(19(4)5)20(6)36-30/h8-9,14-19,21,28H,7,10-13H2,1-6H3,(H,34,35,37,38). The van der Waals surface area contributed by atoms with Crippen molar-refractivity contribution in [2.75, 3.05) is 25.0 Å². The molecule has 0 spiro atoms. The molecular weight excluding hydrogens is 508 g/mol. The van der Waals surface area contributed by atoms with E-state index in [9.17, 15) is 4.39 Å². The number of aromatic nitrogens is 5. The predicted octanol–water partition coefficient (Wildman–Crippen LogP) is 7.27. The molecule has 1 atom stereocenters. The average Bonchev–Trinajstić information content (AvgIpc) is 3.27. The maximum atomic E-state index is 15.0. The Hall–Kier alpha value is -3.46. The minimum atomic E-state index is -0.631. The van der Waals surface area contributed by atoms with Crippen LogP contribution in [0.15, 0.2) is 36.7 Å². The Labute approximate surface area is 235 Å². The van der Waals surface area contributed by atoms with E-state index in [1.807, 2.05) is 37.6 Å². The quantitative estimate of drug-likeness (QED) is 0.250. The number of pyridine rings is 1. The lowest BCUT2D eigenvalue weighted by molar-refractivity contribution is 0.160. The van der Waals surface area contributed by atoms with Crippen molar-refractivity contribution in [2.45, 2.75) is 66.3 Å². The van der Waals surface area contributed by atoms with E-state index in [2.05, 4.69) is 57.0 Å². The largest absolute Gasteiger partial charge is 0.326 e. The number of rotatable bonds is 8. The third-order valence-electron chi connectivity index (χ3n) is 8.18. The number of hydrogen-bond acceptors (Lipinski definition) is 6. The molecule has 1 N–H and O–H groups in total. The van der Waals surface area contributed by atoms with Crippen LogP contribution in [0.5, 0.6) is 0 Å². The number of benzene rings is 1. The lowest BCUT2D eigenvalue weighted by Gasteiger charge is -2.37. The molecule has 3 aromatic heterocycles. The third kappa shape index (κ3) is 5.57. The van der Waals surface area contributed by atoms with E-state index in [1.165, 1.54) is 24.5 Å². The number of piperidine rings is 1. The van der Waals surface area contributed by atoms with Crippen LogP contribution in [0.4, 0.5) is 20.5 Å². The van der Waals surface area contributed by atoms with Gasteiger partial charge in [-0.2, -0.15) is 0 Å². The van der Waals surface area contributed by atoms with E-state index in [-0.39, 0.29) is 23.2 Å². The highest BCUT2D eigenvalue weighted by atomic mass is 19.1. The maximum absolute atomic E-state index is 15.0. The average molecular weight is 548 g/mol. The van der Waals surface area contributed by atoms with Crippen molar-refractivity contribution in [2.24, 2.45) is 11.8 Å². The van der Waals surface area contributed by atoms with Gasteiger partial charge in [0.25, 0.3) is 0 Å². The second-order valence-corrected chi connectivity index (χ2v) is 11.5. The monoisotopic (exact) mass is 547 g/mol. The number of anilines is 2. The molecule has 212 valence electrons. The first kappa shape index (κ1) is 28.1. The summed E-state index contributed by atoms with van der Waals surface area (Å²) in [5.74, 6) is 1.91. The molecule has 40 heavy (non-hydrogen) atoms. The third-order valence-corrected chi connectivity index (χ3v) is 8.18. The topological polar surface area (TPSA) is 71.8 Å². The van der Waals surface area contributed by atoms with Gasteiger partial charge in [-0.3, -0.25) is 0 Å². The van der Waals surface area contributed by atoms with Crippen molar-refractivity contribution in [1.82, 2.24) is 29.4 Å². The molecule has 7 nitrogen and oxygen atoms in total. The molecular formula is C31H39F2N7. The second kappa shape index (κ2) is 11.6. The van der Waals surface area contributed by atoms with E-state index < -0.39 is 11.6 Å². The van der Waals surface area contributed by atoms with Crippen molar-refractivity contribution in [3.63, 3.8) is 0 Å². The summed E-state index contributed by atoms with van der Waals surface area (Å²) in [6.45, 7) is 16.0. The number of hydrogen-bond donors (Lipinski definition) is 1. The summed E-state index contributed by atoms with van der Waals surface area (Å²) >= 11 is 0. The zero-order valence-corrected chi connectivity index (χ0v) is 24.2.